The van der Waals surface area contributed by atoms with Crippen LogP contribution in [0.1, 0.15) is 76.3 Å². The maximum atomic E-state index is 14.5. The predicted molar refractivity (Wildman–Crippen MR) is 149 cm³/mol. The van der Waals surface area contributed by atoms with Crippen LogP contribution < -0.4 is 10.2 Å². The van der Waals surface area contributed by atoms with Crippen molar-refractivity contribution in [2.45, 2.75) is 57.0 Å². The summed E-state index contributed by atoms with van der Waals surface area (Å²) < 4.78 is 14.5. The molecule has 0 unspecified atom stereocenters. The number of hydrogen-bond donors (Lipinski definition) is 2. The summed E-state index contributed by atoms with van der Waals surface area (Å²) in [4.78, 5) is 54.1. The van der Waals surface area contributed by atoms with Gasteiger partial charge in [-0.25, -0.2) is 9.18 Å². The third-order valence-corrected chi connectivity index (χ3v) is 9.27. The fourth-order valence-electron chi connectivity index (χ4n) is 6.92. The number of carboxylic acid groups (broad SMARTS) is 1. The Bertz CT molecular complexity index is 1380. The summed E-state index contributed by atoms with van der Waals surface area (Å²) in [5.41, 5.74) is 3.29. The van der Waals surface area contributed by atoms with Crippen LogP contribution in [0.25, 0.3) is 0 Å². The molecule has 9 nitrogen and oxygen atoms in total. The van der Waals surface area contributed by atoms with E-state index >= 15 is 0 Å². The topological polar surface area (TPSA) is 110 Å². The van der Waals surface area contributed by atoms with E-state index in [-0.39, 0.29) is 29.7 Å². The molecule has 0 bridgehead atoms. The van der Waals surface area contributed by atoms with Crippen LogP contribution in [-0.2, 0) is 16.1 Å². The van der Waals surface area contributed by atoms with E-state index in [1.54, 1.807) is 11.0 Å². The first-order valence-corrected chi connectivity index (χ1v) is 14.5. The van der Waals surface area contributed by atoms with E-state index in [9.17, 15) is 23.6 Å². The molecule has 3 fully saturated rings. The number of carboxylic acids is 1. The number of halogens is 1. The summed E-state index contributed by atoms with van der Waals surface area (Å²) in [6, 6.07) is 9.64. The van der Waals surface area contributed by atoms with Crippen LogP contribution in [0.3, 0.4) is 0 Å². The number of fused-ring (bicyclic) bond motifs is 1. The molecule has 6 rings (SSSR count). The van der Waals surface area contributed by atoms with Crippen molar-refractivity contribution < 1.29 is 28.7 Å². The van der Waals surface area contributed by atoms with Crippen LogP contribution in [0.4, 0.5) is 10.1 Å². The third kappa shape index (κ3) is 5.57. The molecule has 3 saturated heterocycles. The fourth-order valence-corrected chi connectivity index (χ4v) is 6.92. The maximum Gasteiger partial charge on any atom is 0.335 e. The third-order valence-electron chi connectivity index (χ3n) is 9.27. The second-order valence-electron chi connectivity index (χ2n) is 11.8. The molecule has 2 aromatic rings. The molecule has 4 aliphatic heterocycles. The number of imide groups is 1. The number of carbonyl (C=O) groups excluding carboxylic acids is 3. The molecule has 3 amide bonds. The summed E-state index contributed by atoms with van der Waals surface area (Å²) in [5.74, 6) is -1.44. The van der Waals surface area contributed by atoms with E-state index in [0.717, 1.165) is 70.0 Å². The summed E-state index contributed by atoms with van der Waals surface area (Å²) in [6.07, 6.45) is 4.66. The van der Waals surface area contributed by atoms with E-state index < -0.39 is 17.8 Å². The molecule has 0 aromatic heterocycles. The highest BCUT2D eigenvalue weighted by atomic mass is 19.1. The Morgan fingerprint density at radius 3 is 2.39 bits per heavy atom. The van der Waals surface area contributed by atoms with Crippen LogP contribution in [0, 0.1) is 11.7 Å². The molecule has 10 heteroatoms. The van der Waals surface area contributed by atoms with E-state index in [1.165, 1.54) is 11.6 Å². The van der Waals surface area contributed by atoms with Gasteiger partial charge >= 0.3 is 5.97 Å². The highest BCUT2D eigenvalue weighted by molar-refractivity contribution is 6.05. The first-order chi connectivity index (χ1) is 19.8. The molecule has 4 aliphatic rings. The summed E-state index contributed by atoms with van der Waals surface area (Å²) in [7, 11) is 0. The van der Waals surface area contributed by atoms with Gasteiger partial charge < -0.3 is 19.8 Å². The lowest BCUT2D eigenvalue weighted by molar-refractivity contribution is -0.136. The van der Waals surface area contributed by atoms with Crippen LogP contribution in [-0.4, -0.2) is 77.4 Å². The zero-order valence-electron chi connectivity index (χ0n) is 23.0. The van der Waals surface area contributed by atoms with Gasteiger partial charge in [-0.2, -0.15) is 0 Å². The smallest absolute Gasteiger partial charge is 0.335 e. The van der Waals surface area contributed by atoms with Crippen LogP contribution >= 0.6 is 0 Å². The Balaban J connectivity index is 0.993. The molecule has 2 N–H and O–H groups in total. The average Bonchev–Trinajstić information content (AvgIpc) is 3.29. The van der Waals surface area contributed by atoms with Gasteiger partial charge in [0.25, 0.3) is 5.91 Å². The van der Waals surface area contributed by atoms with Crippen LogP contribution in [0.2, 0.25) is 0 Å². The van der Waals surface area contributed by atoms with E-state index in [0.29, 0.717) is 36.1 Å². The number of amides is 3. The molecular weight excluding hydrogens is 527 g/mol. The minimum absolute atomic E-state index is 0.0351. The quantitative estimate of drug-likeness (QED) is 0.520. The number of carbonyl (C=O) groups is 4. The zero-order chi connectivity index (χ0) is 28.7. The van der Waals surface area contributed by atoms with Gasteiger partial charge in [0.2, 0.25) is 11.8 Å². The number of benzene rings is 2. The predicted octanol–water partition coefficient (Wildman–Crippen LogP) is 3.38. The summed E-state index contributed by atoms with van der Waals surface area (Å²) >= 11 is 0. The number of rotatable bonds is 6. The average molecular weight is 563 g/mol. The zero-order valence-corrected chi connectivity index (χ0v) is 23.0. The molecule has 216 valence electrons. The lowest BCUT2D eigenvalue weighted by Gasteiger charge is -2.38. The Morgan fingerprint density at radius 1 is 0.951 bits per heavy atom. The monoisotopic (exact) mass is 562 g/mol. The number of nitrogens with one attached hydrogen (secondary N) is 1. The number of piperidine rings is 3. The van der Waals surface area contributed by atoms with Crippen molar-refractivity contribution in [2.75, 3.05) is 37.6 Å². The number of likely N-dealkylation sites (tertiary alicyclic amines) is 1. The normalized spacial score (nSPS) is 22.7. The first kappa shape index (κ1) is 27.4. The van der Waals surface area contributed by atoms with E-state index in [4.69, 9.17) is 5.11 Å². The molecule has 41 heavy (non-hydrogen) atoms. The van der Waals surface area contributed by atoms with Gasteiger partial charge in [0.1, 0.15) is 11.9 Å². The molecule has 0 saturated carbocycles. The summed E-state index contributed by atoms with van der Waals surface area (Å²) in [5, 5.41) is 11.4. The number of aromatic carboxylic acids is 1. The molecule has 0 radical (unpaired) electrons. The van der Waals surface area contributed by atoms with Gasteiger partial charge in [-0.3, -0.25) is 19.7 Å². The van der Waals surface area contributed by atoms with Crippen molar-refractivity contribution in [3.63, 3.8) is 0 Å². The van der Waals surface area contributed by atoms with Gasteiger partial charge in [0.05, 0.1) is 11.3 Å². The number of anilines is 1. The van der Waals surface area contributed by atoms with Crippen LogP contribution in [0.15, 0.2) is 36.4 Å². The van der Waals surface area contributed by atoms with Crippen molar-refractivity contribution in [3.05, 3.63) is 64.5 Å². The highest BCUT2D eigenvalue weighted by Gasteiger charge is 2.39. The lowest BCUT2D eigenvalue weighted by Crippen LogP contribution is -2.52. The van der Waals surface area contributed by atoms with Gasteiger partial charge in [-0.05, 0) is 92.4 Å². The Hall–Kier alpha value is -3.79. The van der Waals surface area contributed by atoms with Gasteiger partial charge in [0, 0.05) is 38.2 Å². The Labute approximate surface area is 238 Å². The number of hydrogen-bond acceptors (Lipinski definition) is 6. The lowest BCUT2D eigenvalue weighted by atomic mass is 9.87. The van der Waals surface area contributed by atoms with Crippen molar-refractivity contribution in [1.82, 2.24) is 15.1 Å². The molecule has 4 heterocycles. The maximum absolute atomic E-state index is 14.5. The molecule has 0 spiro atoms. The standard InChI is InChI=1S/C31H35FN4O5/c32-25-16-22(31(40)41)2-4-26(25)35-13-7-19(8-14-35)17-34-11-9-20(10-12-34)21-1-3-24-23(15-21)18-36(30(24)39)27-5-6-28(37)33-29(27)38/h1-4,15-16,19-20,27H,5-14,17-18H2,(H,40,41)(H,33,37,38)/t27-/m0/s1. The molecule has 0 aliphatic carbocycles. The molecular formula is C31H35FN4O5. The molecule has 2 aromatic carbocycles. The second kappa shape index (κ2) is 11.2. The van der Waals surface area contributed by atoms with Gasteiger partial charge in [-0.15, -0.1) is 0 Å². The Morgan fingerprint density at radius 2 is 1.71 bits per heavy atom. The van der Waals surface area contributed by atoms with E-state index in [2.05, 4.69) is 22.3 Å². The van der Waals surface area contributed by atoms with Crippen molar-refractivity contribution in [2.24, 2.45) is 5.92 Å². The first-order valence-electron chi connectivity index (χ1n) is 14.5. The van der Waals surface area contributed by atoms with Gasteiger partial charge in [0.15, 0.2) is 0 Å². The fraction of sp³-hybridized carbons (Fsp3) is 0.484. The van der Waals surface area contributed by atoms with Crippen molar-refractivity contribution in [3.8, 4) is 0 Å². The Kier molecular flexibility index (Phi) is 7.50. The highest BCUT2D eigenvalue weighted by Crippen LogP contribution is 2.34. The second-order valence-corrected chi connectivity index (χ2v) is 11.8. The SMILES string of the molecule is O=C1CC[C@H](N2Cc3cc(C4CCN(CC5CCN(c6ccc(C(=O)O)cc6F)CC5)CC4)ccc3C2=O)C(=O)N1. The van der Waals surface area contributed by atoms with Crippen molar-refractivity contribution in [1.29, 1.82) is 0 Å². The largest absolute Gasteiger partial charge is 0.478 e. The molecule has 1 atom stereocenters. The minimum atomic E-state index is -1.12. The minimum Gasteiger partial charge on any atom is -0.478 e. The van der Waals surface area contributed by atoms with Crippen LogP contribution in [0.5, 0.6) is 0 Å². The van der Waals surface area contributed by atoms with Crippen molar-refractivity contribution >= 4 is 29.4 Å². The van der Waals surface area contributed by atoms with E-state index in [1.807, 2.05) is 11.0 Å². The number of nitrogens with zero attached hydrogens (tertiary/aromatic N) is 3. The van der Waals surface area contributed by atoms with Gasteiger partial charge in [-0.1, -0.05) is 12.1 Å². The summed E-state index contributed by atoms with van der Waals surface area (Å²) in [6.45, 7) is 4.96.